The van der Waals surface area contributed by atoms with E-state index in [1.807, 2.05) is 0 Å². The number of hydrogen-bond acceptors (Lipinski definition) is 0. The van der Waals surface area contributed by atoms with Gasteiger partial charge in [-0.15, -0.1) is 0 Å². The van der Waals surface area contributed by atoms with Gasteiger partial charge in [-0.1, -0.05) is 81.1 Å². The molecular weight excluding hydrogens is 276 g/mol. The van der Waals surface area contributed by atoms with Gasteiger partial charge in [-0.05, 0) is 61.0 Å². The first-order valence-electron chi connectivity index (χ1n) is 9.75. The van der Waals surface area contributed by atoms with Gasteiger partial charge in [0.25, 0.3) is 0 Å². The number of fused-ring (bicyclic) bond motifs is 1. The predicted octanol–water partition coefficient (Wildman–Crippen LogP) is 6.84. The van der Waals surface area contributed by atoms with Crippen molar-refractivity contribution in [2.75, 3.05) is 0 Å². The maximum atomic E-state index is 2.48. The normalized spacial score (nSPS) is 28.0. The first-order valence-corrected chi connectivity index (χ1v) is 9.75. The molecule has 0 amide bonds. The fourth-order valence-corrected chi connectivity index (χ4v) is 4.73. The molecule has 0 heteroatoms. The summed E-state index contributed by atoms with van der Waals surface area (Å²) in [5, 5.41) is 0. The highest BCUT2D eigenvalue weighted by atomic mass is 14.3. The Balaban J connectivity index is 1.93. The van der Waals surface area contributed by atoms with E-state index < -0.39 is 0 Å². The largest absolute Gasteiger partial charge is 0.0625 e. The van der Waals surface area contributed by atoms with Gasteiger partial charge in [-0.25, -0.2) is 0 Å². The third-order valence-electron chi connectivity index (χ3n) is 5.91. The lowest BCUT2D eigenvalue weighted by atomic mass is 9.70. The number of aryl methyl sites for hydroxylation is 1. The average Bonchev–Trinajstić information content (AvgIpc) is 2.55. The molecule has 0 bridgehead atoms. The van der Waals surface area contributed by atoms with Crippen molar-refractivity contribution in [3.05, 3.63) is 59.7 Å². The lowest BCUT2D eigenvalue weighted by molar-refractivity contribution is 0.258. The van der Waals surface area contributed by atoms with Crippen LogP contribution in [0.2, 0.25) is 0 Å². The Hall–Kier alpha value is -1.30. The quantitative estimate of drug-likeness (QED) is 0.533. The molecule has 3 atom stereocenters. The Morgan fingerprint density at radius 3 is 2.35 bits per heavy atom. The molecule has 2 aliphatic rings. The van der Waals surface area contributed by atoms with Gasteiger partial charge >= 0.3 is 0 Å². The Bertz CT molecular complexity index is 543. The fraction of sp³-hybridized carbons (Fsp3) is 0.565. The molecule has 1 saturated carbocycles. The van der Waals surface area contributed by atoms with Crippen molar-refractivity contribution in [2.45, 2.75) is 70.6 Å². The van der Waals surface area contributed by atoms with E-state index >= 15 is 0 Å². The SMILES string of the molecule is CC1CCCCCC(C2CCCc3ccccccccc32)C1. The van der Waals surface area contributed by atoms with Crippen molar-refractivity contribution in [2.24, 2.45) is 11.8 Å². The van der Waals surface area contributed by atoms with Crippen LogP contribution >= 0.6 is 0 Å². The number of rotatable bonds is 1. The summed E-state index contributed by atoms with van der Waals surface area (Å²) in [6, 6.07) is 17.8. The molecule has 1 fully saturated rings. The molecule has 124 valence electrons. The molecule has 2 aliphatic carbocycles. The summed E-state index contributed by atoms with van der Waals surface area (Å²) in [7, 11) is 0. The third kappa shape index (κ3) is 4.59. The summed E-state index contributed by atoms with van der Waals surface area (Å²) in [5.41, 5.74) is 3.23. The molecule has 0 heterocycles. The van der Waals surface area contributed by atoms with Crippen LogP contribution in [0.3, 0.4) is 0 Å². The van der Waals surface area contributed by atoms with Crippen molar-refractivity contribution < 1.29 is 0 Å². The van der Waals surface area contributed by atoms with Crippen LogP contribution < -0.4 is 0 Å². The standard InChI is InChI=1S/C23H32/c1-19-12-7-6-9-14-21(18-19)23-17-11-15-20-13-8-4-2-3-5-10-16-22(20)23/h2-5,8,10,13,16,19,21,23H,6-7,9,11-12,14-15,17-18H2,1H3. The topological polar surface area (TPSA) is 0 Å². The van der Waals surface area contributed by atoms with Gasteiger partial charge in [-0.2, -0.15) is 0 Å². The van der Waals surface area contributed by atoms with Crippen LogP contribution in [0.15, 0.2) is 48.5 Å². The van der Waals surface area contributed by atoms with Crippen LogP contribution in [-0.2, 0) is 6.42 Å². The van der Waals surface area contributed by atoms with Gasteiger partial charge in [0.05, 0.1) is 0 Å². The van der Waals surface area contributed by atoms with Crippen LogP contribution in [0.25, 0.3) is 0 Å². The lowest BCUT2D eigenvalue weighted by Gasteiger charge is -2.35. The molecule has 0 saturated heterocycles. The van der Waals surface area contributed by atoms with Crippen LogP contribution in [-0.4, -0.2) is 0 Å². The highest BCUT2D eigenvalue weighted by Gasteiger charge is 2.28. The van der Waals surface area contributed by atoms with Gasteiger partial charge in [0.1, 0.15) is 0 Å². The molecule has 1 aromatic rings. The third-order valence-corrected chi connectivity index (χ3v) is 5.91. The second-order valence-corrected chi connectivity index (χ2v) is 7.71. The van der Waals surface area contributed by atoms with Gasteiger partial charge in [0.15, 0.2) is 0 Å². The second kappa shape index (κ2) is 8.52. The van der Waals surface area contributed by atoms with Crippen LogP contribution in [0.5, 0.6) is 0 Å². The molecule has 23 heavy (non-hydrogen) atoms. The molecule has 0 radical (unpaired) electrons. The van der Waals surface area contributed by atoms with Crippen molar-refractivity contribution >= 4 is 0 Å². The van der Waals surface area contributed by atoms with E-state index in [0.29, 0.717) is 0 Å². The highest BCUT2D eigenvalue weighted by molar-refractivity contribution is 5.31. The molecule has 1 aromatic carbocycles. The Morgan fingerprint density at radius 1 is 0.739 bits per heavy atom. The van der Waals surface area contributed by atoms with Crippen LogP contribution in [0, 0.1) is 11.8 Å². The monoisotopic (exact) mass is 308 g/mol. The number of hydrogen-bond donors (Lipinski definition) is 0. The minimum Gasteiger partial charge on any atom is -0.0625 e. The van der Waals surface area contributed by atoms with Crippen LogP contribution in [0.4, 0.5) is 0 Å². The van der Waals surface area contributed by atoms with Crippen molar-refractivity contribution in [3.63, 3.8) is 0 Å². The summed E-state index contributed by atoms with van der Waals surface area (Å²) in [6.07, 6.45) is 12.7. The second-order valence-electron chi connectivity index (χ2n) is 7.71. The molecule has 0 N–H and O–H groups in total. The van der Waals surface area contributed by atoms with E-state index in [1.165, 1.54) is 57.8 Å². The van der Waals surface area contributed by atoms with Crippen LogP contribution in [0.1, 0.15) is 75.3 Å². The zero-order valence-corrected chi connectivity index (χ0v) is 14.7. The summed E-state index contributed by atoms with van der Waals surface area (Å²) in [5.74, 6) is 2.60. The fourth-order valence-electron chi connectivity index (χ4n) is 4.73. The molecule has 3 unspecified atom stereocenters. The van der Waals surface area contributed by atoms with Gasteiger partial charge in [0, 0.05) is 0 Å². The van der Waals surface area contributed by atoms with E-state index in [4.69, 9.17) is 0 Å². The Labute approximate surface area is 142 Å². The van der Waals surface area contributed by atoms with Crippen molar-refractivity contribution in [1.82, 2.24) is 0 Å². The Kier molecular flexibility index (Phi) is 6.13. The zero-order chi connectivity index (χ0) is 15.9. The maximum absolute atomic E-state index is 2.48. The summed E-state index contributed by atoms with van der Waals surface area (Å²) in [4.78, 5) is 0. The van der Waals surface area contributed by atoms with E-state index in [0.717, 1.165) is 17.8 Å². The minimum absolute atomic E-state index is 0.789. The first kappa shape index (κ1) is 16.6. The zero-order valence-electron chi connectivity index (χ0n) is 14.7. The smallest absolute Gasteiger partial charge is 0.0131 e. The average molecular weight is 309 g/mol. The maximum Gasteiger partial charge on any atom is -0.0131 e. The lowest BCUT2D eigenvalue weighted by Crippen LogP contribution is -2.21. The molecule has 0 spiro atoms. The minimum atomic E-state index is 0.789. The van der Waals surface area contributed by atoms with E-state index in [1.54, 1.807) is 11.1 Å². The molecule has 0 aliphatic heterocycles. The molecule has 3 rings (SSSR count). The van der Waals surface area contributed by atoms with Gasteiger partial charge in [-0.3, -0.25) is 0 Å². The van der Waals surface area contributed by atoms with E-state index in [2.05, 4.69) is 55.5 Å². The Morgan fingerprint density at radius 2 is 1.48 bits per heavy atom. The molecular formula is C23H32. The van der Waals surface area contributed by atoms with Gasteiger partial charge in [0.2, 0.25) is 0 Å². The van der Waals surface area contributed by atoms with Crippen molar-refractivity contribution in [1.29, 1.82) is 0 Å². The van der Waals surface area contributed by atoms with E-state index in [-0.39, 0.29) is 0 Å². The predicted molar refractivity (Wildman–Crippen MR) is 100 cm³/mol. The highest BCUT2D eigenvalue weighted by Crippen LogP contribution is 2.42. The summed E-state index contributed by atoms with van der Waals surface area (Å²) in [6.45, 7) is 2.48. The molecule has 0 aromatic heterocycles. The van der Waals surface area contributed by atoms with E-state index in [9.17, 15) is 0 Å². The van der Waals surface area contributed by atoms with Gasteiger partial charge < -0.3 is 0 Å². The molecule has 0 nitrogen and oxygen atoms in total. The van der Waals surface area contributed by atoms with Crippen molar-refractivity contribution in [3.8, 4) is 0 Å². The first-order chi connectivity index (χ1) is 11.3. The summed E-state index contributed by atoms with van der Waals surface area (Å²) < 4.78 is 0. The summed E-state index contributed by atoms with van der Waals surface area (Å²) >= 11 is 0.